The minimum atomic E-state index is -3.25. The van der Waals surface area contributed by atoms with Crippen LogP contribution in [0.3, 0.4) is 0 Å². The predicted octanol–water partition coefficient (Wildman–Crippen LogP) is 0.303. The monoisotopic (exact) mass is 241 g/mol. The highest BCUT2D eigenvalue weighted by Crippen LogP contribution is 2.10. The molecule has 0 saturated heterocycles. The number of carbonyl (C=O) groups is 1. The van der Waals surface area contributed by atoms with Crippen molar-refractivity contribution >= 4 is 15.7 Å². The van der Waals surface area contributed by atoms with Gasteiger partial charge >= 0.3 is 0 Å². The minimum absolute atomic E-state index is 0.0413. The van der Waals surface area contributed by atoms with Crippen molar-refractivity contribution < 1.29 is 13.2 Å². The number of nitrogens with two attached hydrogens (primary N) is 1. The molecule has 1 radical (unpaired) electrons. The number of hydrogen-bond donors (Lipinski definition) is 1. The van der Waals surface area contributed by atoms with E-state index in [4.69, 9.17) is 5.73 Å². The van der Waals surface area contributed by atoms with Crippen LogP contribution in [0.5, 0.6) is 0 Å². The van der Waals surface area contributed by atoms with Crippen molar-refractivity contribution in [1.82, 2.24) is 4.98 Å². The van der Waals surface area contributed by atoms with Crippen LogP contribution in [0.15, 0.2) is 23.4 Å². The molecule has 0 aliphatic rings. The second kappa shape index (κ2) is 5.07. The molecule has 87 valence electrons. The van der Waals surface area contributed by atoms with E-state index in [0.717, 1.165) is 11.8 Å². The minimum Gasteiger partial charge on any atom is -0.370 e. The van der Waals surface area contributed by atoms with E-state index in [9.17, 15) is 13.2 Å². The summed E-state index contributed by atoms with van der Waals surface area (Å²) in [5.41, 5.74) is 5.76. The molecule has 0 bridgehead atoms. The summed E-state index contributed by atoms with van der Waals surface area (Å²) in [6.07, 6.45) is 5.13. The topological polar surface area (TPSA) is 90.1 Å². The number of nitrogens with zero attached hydrogens (tertiary/aromatic N) is 1. The Kier molecular flexibility index (Phi) is 4.00. The van der Waals surface area contributed by atoms with Crippen LogP contribution in [0.1, 0.15) is 18.4 Å². The Bertz CT molecular complexity index is 465. The lowest BCUT2D eigenvalue weighted by Gasteiger charge is -2.01. The Labute approximate surface area is 94.6 Å². The van der Waals surface area contributed by atoms with E-state index in [1.54, 1.807) is 12.5 Å². The van der Waals surface area contributed by atoms with Gasteiger partial charge in [-0.1, -0.05) is 6.07 Å². The van der Waals surface area contributed by atoms with Crippen molar-refractivity contribution in [2.45, 2.75) is 17.9 Å². The molecular formula is C10H13N2O3S. The Hall–Kier alpha value is -1.43. The van der Waals surface area contributed by atoms with Crippen LogP contribution in [0.25, 0.3) is 0 Å². The van der Waals surface area contributed by atoms with Gasteiger partial charge in [0.25, 0.3) is 0 Å². The first-order chi connectivity index (χ1) is 7.39. The van der Waals surface area contributed by atoms with Gasteiger partial charge in [0.15, 0.2) is 14.9 Å². The Morgan fingerprint density at radius 1 is 1.50 bits per heavy atom. The van der Waals surface area contributed by atoms with Gasteiger partial charge in [-0.25, -0.2) is 13.4 Å². The summed E-state index contributed by atoms with van der Waals surface area (Å²) in [6, 6.07) is 3.08. The third kappa shape index (κ3) is 3.98. The summed E-state index contributed by atoms with van der Waals surface area (Å²) in [4.78, 5) is 14.3. The highest BCUT2D eigenvalue weighted by Gasteiger charge is 2.07. The zero-order chi connectivity index (χ0) is 12.2. The molecule has 2 N–H and O–H groups in total. The average molecular weight is 241 g/mol. The fraction of sp³-hybridized carbons (Fsp3) is 0.300. The van der Waals surface area contributed by atoms with Crippen LogP contribution in [0.2, 0.25) is 0 Å². The van der Waals surface area contributed by atoms with Gasteiger partial charge in [-0.2, -0.15) is 0 Å². The highest BCUT2D eigenvalue weighted by atomic mass is 32.2. The summed E-state index contributed by atoms with van der Waals surface area (Å²) in [7, 11) is -3.25. The van der Waals surface area contributed by atoms with Crippen molar-refractivity contribution in [3.05, 3.63) is 30.3 Å². The fourth-order valence-corrected chi connectivity index (χ4v) is 1.67. The molecule has 0 aliphatic carbocycles. The van der Waals surface area contributed by atoms with Crippen molar-refractivity contribution in [3.63, 3.8) is 0 Å². The van der Waals surface area contributed by atoms with E-state index in [2.05, 4.69) is 4.98 Å². The third-order valence-electron chi connectivity index (χ3n) is 1.91. The van der Waals surface area contributed by atoms with Gasteiger partial charge < -0.3 is 5.73 Å². The first-order valence-corrected chi connectivity index (χ1v) is 6.56. The SMILES string of the molecule is CS(=O)(=O)c1ccc([CH]CCC(N)=O)cn1. The lowest BCUT2D eigenvalue weighted by Crippen LogP contribution is -2.09. The fourth-order valence-electron chi connectivity index (χ4n) is 1.11. The van der Waals surface area contributed by atoms with E-state index in [1.165, 1.54) is 12.3 Å². The molecule has 1 rings (SSSR count). The molecule has 0 atom stereocenters. The Morgan fingerprint density at radius 2 is 2.19 bits per heavy atom. The van der Waals surface area contributed by atoms with Gasteiger partial charge in [-0.05, 0) is 24.5 Å². The third-order valence-corrected chi connectivity index (χ3v) is 2.91. The predicted molar refractivity (Wildman–Crippen MR) is 59.2 cm³/mol. The summed E-state index contributed by atoms with van der Waals surface area (Å²) in [6.45, 7) is 0. The molecule has 0 aromatic carbocycles. The Balaban J connectivity index is 2.62. The van der Waals surface area contributed by atoms with Crippen LogP contribution < -0.4 is 5.73 Å². The van der Waals surface area contributed by atoms with Crippen molar-refractivity contribution in [3.8, 4) is 0 Å². The second-order valence-electron chi connectivity index (χ2n) is 3.41. The molecule has 0 spiro atoms. The Morgan fingerprint density at radius 3 is 2.62 bits per heavy atom. The zero-order valence-corrected chi connectivity index (χ0v) is 9.70. The molecule has 6 heteroatoms. The molecule has 1 amide bonds. The first-order valence-electron chi connectivity index (χ1n) is 4.67. The lowest BCUT2D eigenvalue weighted by atomic mass is 10.1. The number of amides is 1. The summed E-state index contributed by atoms with van der Waals surface area (Å²) in [5, 5.41) is 0.0413. The number of carbonyl (C=O) groups excluding carboxylic acids is 1. The maximum Gasteiger partial charge on any atom is 0.217 e. The molecule has 0 aliphatic heterocycles. The first kappa shape index (κ1) is 12.6. The standard InChI is InChI=1S/C10H13N2O3S/c1-16(14,15)10-6-5-8(7-12-10)3-2-4-9(11)13/h3,5-7H,2,4H2,1H3,(H2,11,13). The normalized spacial score (nSPS) is 11.3. The molecule has 0 unspecified atom stereocenters. The van der Waals surface area contributed by atoms with Crippen LogP contribution >= 0.6 is 0 Å². The van der Waals surface area contributed by atoms with E-state index in [1.807, 2.05) is 0 Å². The number of primary amides is 1. The summed E-state index contributed by atoms with van der Waals surface area (Å²) in [5.74, 6) is -0.364. The van der Waals surface area contributed by atoms with Crippen LogP contribution in [-0.2, 0) is 14.6 Å². The van der Waals surface area contributed by atoms with Gasteiger partial charge in [0.2, 0.25) is 5.91 Å². The number of hydrogen-bond acceptors (Lipinski definition) is 4. The number of rotatable bonds is 5. The molecular weight excluding hydrogens is 228 g/mol. The van der Waals surface area contributed by atoms with Gasteiger partial charge in [-0.15, -0.1) is 0 Å². The van der Waals surface area contributed by atoms with Crippen LogP contribution in [-0.4, -0.2) is 25.6 Å². The molecule has 5 nitrogen and oxygen atoms in total. The lowest BCUT2D eigenvalue weighted by molar-refractivity contribution is -0.117. The number of aromatic nitrogens is 1. The van der Waals surface area contributed by atoms with Crippen LogP contribution in [0.4, 0.5) is 0 Å². The smallest absolute Gasteiger partial charge is 0.217 e. The molecule has 16 heavy (non-hydrogen) atoms. The quantitative estimate of drug-likeness (QED) is 0.803. The van der Waals surface area contributed by atoms with Crippen molar-refractivity contribution in [2.24, 2.45) is 5.73 Å². The van der Waals surface area contributed by atoms with E-state index in [0.29, 0.717) is 6.42 Å². The van der Waals surface area contributed by atoms with E-state index >= 15 is 0 Å². The molecule has 0 saturated carbocycles. The maximum absolute atomic E-state index is 11.1. The summed E-state index contributed by atoms with van der Waals surface area (Å²) >= 11 is 0. The largest absolute Gasteiger partial charge is 0.370 e. The maximum atomic E-state index is 11.1. The van der Waals surface area contributed by atoms with Gasteiger partial charge in [0.1, 0.15) is 0 Å². The second-order valence-corrected chi connectivity index (χ2v) is 5.37. The van der Waals surface area contributed by atoms with Gasteiger partial charge in [-0.3, -0.25) is 4.79 Å². The van der Waals surface area contributed by atoms with Gasteiger partial charge in [0, 0.05) is 18.9 Å². The summed E-state index contributed by atoms with van der Waals surface area (Å²) < 4.78 is 22.2. The van der Waals surface area contributed by atoms with Crippen molar-refractivity contribution in [1.29, 1.82) is 0 Å². The van der Waals surface area contributed by atoms with Crippen molar-refractivity contribution in [2.75, 3.05) is 6.26 Å². The molecule has 1 aromatic rings. The van der Waals surface area contributed by atoms with Crippen LogP contribution in [0, 0.1) is 6.42 Å². The van der Waals surface area contributed by atoms with E-state index in [-0.39, 0.29) is 17.4 Å². The average Bonchev–Trinajstić information content (AvgIpc) is 2.16. The molecule has 0 fully saturated rings. The zero-order valence-electron chi connectivity index (χ0n) is 8.88. The van der Waals surface area contributed by atoms with E-state index < -0.39 is 9.84 Å². The molecule has 1 heterocycles. The number of sulfone groups is 1. The number of pyridine rings is 1. The highest BCUT2D eigenvalue weighted by molar-refractivity contribution is 7.90. The molecule has 1 aromatic heterocycles. The van der Waals surface area contributed by atoms with Gasteiger partial charge in [0.05, 0.1) is 0 Å².